The summed E-state index contributed by atoms with van der Waals surface area (Å²) >= 11 is 0. The van der Waals surface area contributed by atoms with Gasteiger partial charge in [0, 0.05) is 25.2 Å². The van der Waals surface area contributed by atoms with Gasteiger partial charge in [-0.2, -0.15) is 13.2 Å². The average Bonchev–Trinajstić information content (AvgIpc) is 2.63. The first-order chi connectivity index (χ1) is 6.05. The zero-order chi connectivity index (χ0) is 9.47. The monoisotopic (exact) mass is 194 g/mol. The first-order valence-electron chi connectivity index (χ1n) is 4.63. The predicted molar refractivity (Wildman–Crippen MR) is 42.2 cm³/mol. The minimum absolute atomic E-state index is 0.0501. The summed E-state index contributed by atoms with van der Waals surface area (Å²) in [6, 6.07) is 0.548. The van der Waals surface area contributed by atoms with Crippen LogP contribution in [0.4, 0.5) is 13.2 Å². The van der Waals surface area contributed by atoms with Crippen molar-refractivity contribution in [1.82, 2.24) is 10.2 Å². The molecule has 1 heterocycles. The second-order valence-corrected chi connectivity index (χ2v) is 3.84. The van der Waals surface area contributed by atoms with E-state index in [1.807, 2.05) is 0 Å². The molecule has 1 atom stereocenters. The van der Waals surface area contributed by atoms with Crippen molar-refractivity contribution in [1.29, 1.82) is 0 Å². The van der Waals surface area contributed by atoms with Crippen LogP contribution >= 0.6 is 0 Å². The summed E-state index contributed by atoms with van der Waals surface area (Å²) in [4.78, 5) is 0.590. The Morgan fingerprint density at radius 2 is 1.77 bits per heavy atom. The van der Waals surface area contributed by atoms with E-state index in [2.05, 4.69) is 5.32 Å². The number of halogens is 3. The van der Waals surface area contributed by atoms with Crippen LogP contribution in [-0.4, -0.2) is 36.4 Å². The molecular formula is C8H13F3N2. The summed E-state index contributed by atoms with van der Waals surface area (Å²) in [5.74, 6) is 0. The lowest BCUT2D eigenvalue weighted by Crippen LogP contribution is -2.39. The molecule has 1 unspecified atom stereocenters. The van der Waals surface area contributed by atoms with E-state index in [1.165, 1.54) is 0 Å². The lowest BCUT2D eigenvalue weighted by molar-refractivity contribution is -0.238. The molecule has 76 valence electrons. The number of hydrogen-bond acceptors (Lipinski definition) is 2. The Morgan fingerprint density at radius 1 is 1.08 bits per heavy atom. The molecule has 13 heavy (non-hydrogen) atoms. The van der Waals surface area contributed by atoms with Gasteiger partial charge in [0.25, 0.3) is 0 Å². The van der Waals surface area contributed by atoms with Gasteiger partial charge in [0.1, 0.15) is 0 Å². The second-order valence-electron chi connectivity index (χ2n) is 3.84. The smallest absolute Gasteiger partial charge is 0.310 e. The molecule has 1 aliphatic heterocycles. The molecule has 0 aromatic carbocycles. The molecule has 1 saturated carbocycles. The number of nitrogens with one attached hydrogen (secondary N) is 1. The number of nitrogens with zero attached hydrogens (tertiary/aromatic N) is 1. The Kier molecular flexibility index (Phi) is 2.23. The Morgan fingerprint density at radius 3 is 2.23 bits per heavy atom. The van der Waals surface area contributed by atoms with Gasteiger partial charge in [0.15, 0.2) is 0 Å². The maximum atomic E-state index is 12.2. The van der Waals surface area contributed by atoms with Gasteiger partial charge < -0.3 is 5.32 Å². The minimum atomic E-state index is -4.14. The normalized spacial score (nSPS) is 31.2. The summed E-state index contributed by atoms with van der Waals surface area (Å²) in [7, 11) is 0. The molecular weight excluding hydrogens is 181 g/mol. The van der Waals surface area contributed by atoms with E-state index in [1.54, 1.807) is 0 Å². The van der Waals surface area contributed by atoms with Gasteiger partial charge in [0.2, 0.25) is 0 Å². The molecule has 0 radical (unpaired) electrons. The van der Waals surface area contributed by atoms with Gasteiger partial charge >= 0.3 is 6.30 Å². The quantitative estimate of drug-likeness (QED) is 0.667. The number of alkyl halides is 3. The second kappa shape index (κ2) is 3.13. The van der Waals surface area contributed by atoms with Crippen LogP contribution in [0, 0.1) is 0 Å². The zero-order valence-electron chi connectivity index (χ0n) is 7.27. The molecule has 1 N–H and O–H groups in total. The largest absolute Gasteiger partial charge is 0.459 e. The van der Waals surface area contributed by atoms with Crippen LogP contribution in [0.25, 0.3) is 0 Å². The first-order valence-corrected chi connectivity index (χ1v) is 4.63. The Hall–Kier alpha value is -0.290. The van der Waals surface area contributed by atoms with Crippen molar-refractivity contribution in [3.8, 4) is 0 Å². The third-order valence-electron chi connectivity index (χ3n) is 2.60. The Bertz CT molecular complexity index is 188. The average molecular weight is 194 g/mol. The van der Waals surface area contributed by atoms with E-state index in [0.29, 0.717) is 17.4 Å². The first kappa shape index (κ1) is 9.27. The molecule has 0 amide bonds. The molecule has 2 rings (SSSR count). The van der Waals surface area contributed by atoms with Crippen molar-refractivity contribution in [2.75, 3.05) is 13.1 Å². The highest BCUT2D eigenvalue weighted by Gasteiger charge is 2.42. The van der Waals surface area contributed by atoms with E-state index in [9.17, 15) is 13.2 Å². The third-order valence-corrected chi connectivity index (χ3v) is 2.60. The zero-order valence-corrected chi connectivity index (χ0v) is 7.27. The van der Waals surface area contributed by atoms with Crippen molar-refractivity contribution < 1.29 is 13.2 Å². The fraction of sp³-hybridized carbons (Fsp3) is 1.00. The van der Waals surface area contributed by atoms with Crippen LogP contribution in [-0.2, 0) is 0 Å². The molecule has 0 bridgehead atoms. The van der Waals surface area contributed by atoms with E-state index >= 15 is 0 Å². The summed E-state index contributed by atoms with van der Waals surface area (Å²) in [6.45, 7) is 0.272. The highest BCUT2D eigenvalue weighted by Crippen LogP contribution is 2.27. The van der Waals surface area contributed by atoms with Crippen LogP contribution in [0.15, 0.2) is 0 Å². The number of likely N-dealkylation sites (tertiary alicyclic amines) is 1. The van der Waals surface area contributed by atoms with Crippen molar-refractivity contribution in [3.63, 3.8) is 0 Å². The van der Waals surface area contributed by atoms with E-state index in [0.717, 1.165) is 12.8 Å². The van der Waals surface area contributed by atoms with Gasteiger partial charge in [0.05, 0.1) is 0 Å². The molecule has 1 saturated heterocycles. The van der Waals surface area contributed by atoms with Crippen LogP contribution in [0.1, 0.15) is 19.3 Å². The van der Waals surface area contributed by atoms with Gasteiger partial charge in [-0.05, 0) is 19.3 Å². The van der Waals surface area contributed by atoms with Gasteiger partial charge in [-0.1, -0.05) is 0 Å². The van der Waals surface area contributed by atoms with Crippen LogP contribution in [0.2, 0.25) is 0 Å². The molecule has 2 aliphatic rings. The molecule has 2 nitrogen and oxygen atoms in total. The Balaban J connectivity index is 1.79. The van der Waals surface area contributed by atoms with Crippen molar-refractivity contribution in [3.05, 3.63) is 0 Å². The van der Waals surface area contributed by atoms with Crippen LogP contribution in [0.3, 0.4) is 0 Å². The summed E-state index contributed by atoms with van der Waals surface area (Å²) in [5, 5.41) is 3.21. The third kappa shape index (κ3) is 2.34. The summed E-state index contributed by atoms with van der Waals surface area (Å²) in [5.41, 5.74) is 0. The van der Waals surface area contributed by atoms with Crippen molar-refractivity contribution in [2.45, 2.75) is 37.6 Å². The van der Waals surface area contributed by atoms with E-state index < -0.39 is 6.30 Å². The molecule has 5 heteroatoms. The number of hydrogen-bond donors (Lipinski definition) is 1. The van der Waals surface area contributed by atoms with E-state index in [-0.39, 0.29) is 19.1 Å². The predicted octanol–water partition coefficient (Wildman–Crippen LogP) is 1.33. The van der Waals surface area contributed by atoms with Crippen molar-refractivity contribution >= 4 is 0 Å². The maximum Gasteiger partial charge on any atom is 0.459 e. The van der Waals surface area contributed by atoms with Gasteiger partial charge in [-0.3, -0.25) is 0 Å². The Labute approximate surface area is 75.1 Å². The van der Waals surface area contributed by atoms with E-state index in [4.69, 9.17) is 0 Å². The molecule has 0 spiro atoms. The molecule has 0 aromatic rings. The summed E-state index contributed by atoms with van der Waals surface area (Å²) < 4.78 is 36.6. The van der Waals surface area contributed by atoms with Crippen molar-refractivity contribution in [2.24, 2.45) is 0 Å². The lowest BCUT2D eigenvalue weighted by atomic mass is 10.2. The summed E-state index contributed by atoms with van der Waals surface area (Å²) in [6.07, 6.45) is -1.26. The fourth-order valence-electron chi connectivity index (χ4n) is 1.71. The molecule has 0 aromatic heterocycles. The SMILES string of the molecule is FC(F)(F)N1CCC(NC2CC2)C1. The highest BCUT2D eigenvalue weighted by atomic mass is 19.4. The number of rotatable bonds is 2. The van der Waals surface area contributed by atoms with Gasteiger partial charge in [-0.25, -0.2) is 4.90 Å². The fourth-order valence-corrected chi connectivity index (χ4v) is 1.71. The topological polar surface area (TPSA) is 15.3 Å². The lowest BCUT2D eigenvalue weighted by Gasteiger charge is -2.19. The van der Waals surface area contributed by atoms with Crippen LogP contribution < -0.4 is 5.32 Å². The van der Waals surface area contributed by atoms with Crippen LogP contribution in [0.5, 0.6) is 0 Å². The highest BCUT2D eigenvalue weighted by molar-refractivity contribution is 4.89. The molecule has 2 fully saturated rings. The minimum Gasteiger partial charge on any atom is -0.310 e. The van der Waals surface area contributed by atoms with Gasteiger partial charge in [-0.15, -0.1) is 0 Å². The standard InChI is InChI=1S/C8H13F3N2/c9-8(10,11)13-4-3-7(5-13)12-6-1-2-6/h6-7,12H,1-5H2. The molecule has 1 aliphatic carbocycles. The maximum absolute atomic E-state index is 12.2.